The third-order valence-corrected chi connectivity index (χ3v) is 2.40. The van der Waals surface area contributed by atoms with Crippen LogP contribution in [0.5, 0.6) is 0 Å². The van der Waals surface area contributed by atoms with Crippen molar-refractivity contribution in [3.63, 3.8) is 0 Å². The molecular weight excluding hydrogens is 188 g/mol. The highest BCUT2D eigenvalue weighted by Crippen LogP contribution is 2.08. The second-order valence-corrected chi connectivity index (χ2v) is 3.95. The fourth-order valence-electron chi connectivity index (χ4n) is 1.50. The fraction of sp³-hybridized carbons (Fsp3) is 0.462. The summed E-state index contributed by atoms with van der Waals surface area (Å²) in [7, 11) is 1.72. The van der Waals surface area contributed by atoms with Crippen LogP contribution in [0.4, 0.5) is 0 Å². The molecule has 2 heteroatoms. The lowest BCUT2D eigenvalue weighted by molar-refractivity contribution is -0.116. The average Bonchev–Trinajstić information content (AvgIpc) is 2.20. The van der Waals surface area contributed by atoms with E-state index in [4.69, 9.17) is 4.74 Å². The summed E-state index contributed by atoms with van der Waals surface area (Å²) in [5.41, 5.74) is 2.33. The molecule has 1 unspecified atom stereocenters. The number of ketones is 1. The Morgan fingerprint density at radius 3 is 2.27 bits per heavy atom. The van der Waals surface area contributed by atoms with Gasteiger partial charge in [0.15, 0.2) is 0 Å². The van der Waals surface area contributed by atoms with E-state index in [0.29, 0.717) is 6.42 Å². The Balaban J connectivity index is 2.60. The van der Waals surface area contributed by atoms with E-state index < -0.39 is 0 Å². The summed E-state index contributed by atoms with van der Waals surface area (Å²) in [6.45, 7) is 3.66. The summed E-state index contributed by atoms with van der Waals surface area (Å²) in [4.78, 5) is 10.9. The van der Waals surface area contributed by atoms with Gasteiger partial charge in [0.25, 0.3) is 0 Å². The zero-order valence-corrected chi connectivity index (χ0v) is 9.62. The number of hydrogen-bond acceptors (Lipinski definition) is 2. The predicted molar refractivity (Wildman–Crippen MR) is 61.0 cm³/mol. The van der Waals surface area contributed by atoms with Gasteiger partial charge in [-0.15, -0.1) is 0 Å². The molecule has 1 aromatic carbocycles. The van der Waals surface area contributed by atoms with Gasteiger partial charge in [0, 0.05) is 13.5 Å². The summed E-state index contributed by atoms with van der Waals surface area (Å²) in [5.74, 6) is 0.202. The highest BCUT2D eigenvalue weighted by Gasteiger charge is 2.02. The molecule has 0 aliphatic rings. The van der Waals surface area contributed by atoms with E-state index >= 15 is 0 Å². The molecule has 1 aromatic rings. The van der Waals surface area contributed by atoms with E-state index in [9.17, 15) is 4.79 Å². The maximum Gasteiger partial charge on any atom is 0.134 e. The zero-order valence-electron chi connectivity index (χ0n) is 9.62. The quantitative estimate of drug-likeness (QED) is 0.739. The van der Waals surface area contributed by atoms with Crippen LogP contribution in [0.2, 0.25) is 0 Å². The van der Waals surface area contributed by atoms with Gasteiger partial charge in [-0.2, -0.15) is 0 Å². The van der Waals surface area contributed by atoms with Crippen molar-refractivity contribution in [2.75, 3.05) is 7.11 Å². The molecule has 82 valence electrons. The lowest BCUT2D eigenvalue weighted by Gasteiger charge is -2.09. The molecule has 0 saturated carbocycles. The molecule has 0 radical (unpaired) electrons. The van der Waals surface area contributed by atoms with Crippen LogP contribution in [0, 0.1) is 0 Å². The Kier molecular flexibility index (Phi) is 4.50. The van der Waals surface area contributed by atoms with Crippen molar-refractivity contribution in [1.82, 2.24) is 0 Å². The van der Waals surface area contributed by atoms with Crippen molar-refractivity contribution >= 4 is 5.78 Å². The normalized spacial score (nSPS) is 12.5. The molecule has 0 aliphatic heterocycles. The highest BCUT2D eigenvalue weighted by molar-refractivity contribution is 5.78. The van der Waals surface area contributed by atoms with Crippen LogP contribution < -0.4 is 0 Å². The summed E-state index contributed by atoms with van der Waals surface area (Å²) in [5, 5.41) is 0. The number of carbonyl (C=O) groups excluding carboxylic acids is 1. The molecule has 15 heavy (non-hydrogen) atoms. The maximum absolute atomic E-state index is 10.9. The van der Waals surface area contributed by atoms with Crippen LogP contribution in [0.25, 0.3) is 0 Å². The first-order valence-electron chi connectivity index (χ1n) is 5.22. The number of hydrogen-bond donors (Lipinski definition) is 0. The smallest absolute Gasteiger partial charge is 0.134 e. The maximum atomic E-state index is 10.9. The number of rotatable bonds is 5. The molecule has 0 aromatic heterocycles. The Bertz CT molecular complexity index is 314. The monoisotopic (exact) mass is 206 g/mol. The van der Waals surface area contributed by atoms with Gasteiger partial charge in [-0.3, -0.25) is 4.79 Å². The average molecular weight is 206 g/mol. The van der Waals surface area contributed by atoms with Crippen molar-refractivity contribution in [2.24, 2.45) is 0 Å². The first-order chi connectivity index (χ1) is 7.11. The van der Waals surface area contributed by atoms with E-state index in [-0.39, 0.29) is 11.9 Å². The van der Waals surface area contributed by atoms with Gasteiger partial charge in [0.05, 0.1) is 6.10 Å². The van der Waals surface area contributed by atoms with Crippen molar-refractivity contribution in [2.45, 2.75) is 32.8 Å². The minimum absolute atomic E-state index is 0.202. The Morgan fingerprint density at radius 2 is 1.80 bits per heavy atom. The van der Waals surface area contributed by atoms with Gasteiger partial charge in [0.2, 0.25) is 0 Å². The highest BCUT2D eigenvalue weighted by atomic mass is 16.5. The number of methoxy groups -OCH3 is 1. The van der Waals surface area contributed by atoms with E-state index in [0.717, 1.165) is 12.0 Å². The van der Waals surface area contributed by atoms with Gasteiger partial charge in [-0.05, 0) is 31.4 Å². The number of carbonyl (C=O) groups is 1. The molecule has 0 saturated heterocycles. The molecule has 1 atom stereocenters. The summed E-state index contributed by atoms with van der Waals surface area (Å²) < 4.78 is 5.19. The third-order valence-electron chi connectivity index (χ3n) is 2.40. The zero-order chi connectivity index (χ0) is 11.3. The molecule has 0 spiro atoms. The standard InChI is InChI=1S/C13H18O2/c1-10(14)8-12-4-6-13(7-5-12)9-11(2)15-3/h4-7,11H,8-9H2,1-3H3. The SMILES string of the molecule is COC(C)Cc1ccc(CC(C)=O)cc1. The summed E-state index contributed by atoms with van der Waals surface area (Å²) >= 11 is 0. The lowest BCUT2D eigenvalue weighted by atomic mass is 10.0. The van der Waals surface area contributed by atoms with E-state index in [1.165, 1.54) is 5.56 Å². The predicted octanol–water partition coefficient (Wildman–Crippen LogP) is 2.40. The van der Waals surface area contributed by atoms with E-state index in [2.05, 4.69) is 12.1 Å². The molecule has 0 amide bonds. The van der Waals surface area contributed by atoms with Crippen molar-refractivity contribution < 1.29 is 9.53 Å². The Morgan fingerprint density at radius 1 is 1.27 bits per heavy atom. The number of benzene rings is 1. The summed E-state index contributed by atoms with van der Waals surface area (Å²) in [6, 6.07) is 8.15. The number of ether oxygens (including phenoxy) is 1. The molecule has 2 nitrogen and oxygen atoms in total. The van der Waals surface area contributed by atoms with Gasteiger partial charge in [-0.1, -0.05) is 24.3 Å². The minimum atomic E-state index is 0.202. The molecule has 0 fully saturated rings. The molecule has 1 rings (SSSR count). The lowest BCUT2D eigenvalue weighted by Crippen LogP contribution is -2.08. The van der Waals surface area contributed by atoms with Gasteiger partial charge < -0.3 is 4.74 Å². The van der Waals surface area contributed by atoms with Gasteiger partial charge in [0.1, 0.15) is 5.78 Å². The third kappa shape index (κ3) is 4.26. The van der Waals surface area contributed by atoms with Crippen LogP contribution in [0.15, 0.2) is 24.3 Å². The fourth-order valence-corrected chi connectivity index (χ4v) is 1.50. The molecular formula is C13H18O2. The first kappa shape index (κ1) is 11.9. The Labute approximate surface area is 91.3 Å². The van der Waals surface area contributed by atoms with Crippen LogP contribution in [-0.4, -0.2) is 19.0 Å². The van der Waals surface area contributed by atoms with Crippen molar-refractivity contribution in [3.8, 4) is 0 Å². The van der Waals surface area contributed by atoms with E-state index in [1.54, 1.807) is 14.0 Å². The van der Waals surface area contributed by atoms with Crippen LogP contribution in [-0.2, 0) is 22.4 Å². The first-order valence-corrected chi connectivity index (χ1v) is 5.22. The largest absolute Gasteiger partial charge is 0.381 e. The number of Topliss-reactive ketones (excluding diaryl/α,β-unsaturated/α-hetero) is 1. The second kappa shape index (κ2) is 5.66. The van der Waals surface area contributed by atoms with Gasteiger partial charge >= 0.3 is 0 Å². The van der Waals surface area contributed by atoms with Crippen molar-refractivity contribution in [1.29, 1.82) is 0 Å². The topological polar surface area (TPSA) is 26.3 Å². The molecule has 0 aliphatic carbocycles. The minimum Gasteiger partial charge on any atom is -0.381 e. The van der Waals surface area contributed by atoms with Crippen LogP contribution in [0.3, 0.4) is 0 Å². The van der Waals surface area contributed by atoms with Crippen LogP contribution in [0.1, 0.15) is 25.0 Å². The molecule has 0 N–H and O–H groups in total. The second-order valence-electron chi connectivity index (χ2n) is 3.95. The molecule has 0 bridgehead atoms. The summed E-state index contributed by atoms with van der Waals surface area (Å²) in [6.07, 6.45) is 1.68. The van der Waals surface area contributed by atoms with Crippen LogP contribution >= 0.6 is 0 Å². The Hall–Kier alpha value is -1.15. The van der Waals surface area contributed by atoms with E-state index in [1.807, 2.05) is 19.1 Å². The van der Waals surface area contributed by atoms with Crippen molar-refractivity contribution in [3.05, 3.63) is 35.4 Å². The molecule has 0 heterocycles. The van der Waals surface area contributed by atoms with Gasteiger partial charge in [-0.25, -0.2) is 0 Å².